The Bertz CT molecular complexity index is 374. The van der Waals surface area contributed by atoms with Crippen molar-refractivity contribution in [2.24, 2.45) is 5.73 Å². The van der Waals surface area contributed by atoms with Crippen LogP contribution < -0.4 is 11.1 Å². The highest BCUT2D eigenvalue weighted by atomic mass is 32.1. The predicted octanol–water partition coefficient (Wildman–Crippen LogP) is 1.58. The van der Waals surface area contributed by atoms with E-state index in [0.717, 1.165) is 5.13 Å². The fourth-order valence-corrected chi connectivity index (χ4v) is 2.69. The minimum absolute atomic E-state index is 0.429. The van der Waals surface area contributed by atoms with Crippen molar-refractivity contribution in [2.45, 2.75) is 37.8 Å². The largest absolute Gasteiger partial charge is 0.480 e. The Morgan fingerprint density at radius 3 is 2.94 bits per heavy atom. The Balaban J connectivity index is 1.98. The molecule has 0 amide bonds. The third kappa shape index (κ3) is 2.51. The summed E-state index contributed by atoms with van der Waals surface area (Å²) in [6.45, 7) is 0. The van der Waals surface area contributed by atoms with Gasteiger partial charge in [0.15, 0.2) is 5.13 Å². The number of thiazole rings is 1. The smallest absolute Gasteiger partial charge is 0.326 e. The molecule has 6 heteroatoms. The number of nitrogens with two attached hydrogens (primary N) is 1. The molecule has 1 aliphatic rings. The van der Waals surface area contributed by atoms with Crippen molar-refractivity contribution in [3.63, 3.8) is 0 Å². The van der Waals surface area contributed by atoms with Gasteiger partial charge in [0.1, 0.15) is 6.04 Å². The van der Waals surface area contributed by atoms with E-state index in [0.29, 0.717) is 11.7 Å². The van der Waals surface area contributed by atoms with Crippen LogP contribution in [-0.2, 0) is 4.79 Å². The first-order valence-corrected chi connectivity index (χ1v) is 6.25. The highest BCUT2D eigenvalue weighted by Crippen LogP contribution is 2.25. The van der Waals surface area contributed by atoms with Crippen molar-refractivity contribution < 1.29 is 9.90 Å². The molecule has 0 saturated heterocycles. The minimum Gasteiger partial charge on any atom is -0.480 e. The lowest BCUT2D eigenvalue weighted by Crippen LogP contribution is -2.21. The highest BCUT2D eigenvalue weighted by molar-refractivity contribution is 7.13. The van der Waals surface area contributed by atoms with Gasteiger partial charge in [-0.3, -0.25) is 4.79 Å². The van der Waals surface area contributed by atoms with Crippen molar-refractivity contribution in [1.82, 2.24) is 4.98 Å². The fraction of sp³-hybridized carbons (Fsp3) is 0.600. The van der Waals surface area contributed by atoms with Gasteiger partial charge in [0.05, 0.1) is 5.69 Å². The summed E-state index contributed by atoms with van der Waals surface area (Å²) >= 11 is 1.42. The van der Waals surface area contributed by atoms with E-state index in [4.69, 9.17) is 10.8 Å². The van der Waals surface area contributed by atoms with Crippen LogP contribution in [0.15, 0.2) is 5.38 Å². The second kappa shape index (κ2) is 4.80. The van der Waals surface area contributed by atoms with Gasteiger partial charge in [0.25, 0.3) is 0 Å². The van der Waals surface area contributed by atoms with E-state index in [1.807, 2.05) is 0 Å². The Morgan fingerprint density at radius 2 is 2.31 bits per heavy atom. The number of rotatable bonds is 4. The Hall–Kier alpha value is -1.14. The molecule has 16 heavy (non-hydrogen) atoms. The van der Waals surface area contributed by atoms with Crippen molar-refractivity contribution in [3.8, 4) is 0 Å². The lowest BCUT2D eigenvalue weighted by Gasteiger charge is -2.09. The molecule has 0 spiro atoms. The summed E-state index contributed by atoms with van der Waals surface area (Å²) in [6.07, 6.45) is 4.84. The van der Waals surface area contributed by atoms with Gasteiger partial charge in [0.2, 0.25) is 0 Å². The Kier molecular flexibility index (Phi) is 3.40. The molecule has 88 valence electrons. The molecule has 1 fully saturated rings. The number of nitrogens with one attached hydrogen (secondary N) is 1. The van der Waals surface area contributed by atoms with Crippen LogP contribution in [0.3, 0.4) is 0 Å². The molecule has 5 nitrogen and oxygen atoms in total. The molecule has 2 rings (SSSR count). The van der Waals surface area contributed by atoms with E-state index < -0.39 is 12.0 Å². The number of nitrogens with zero attached hydrogens (tertiary/aromatic N) is 1. The van der Waals surface area contributed by atoms with Gasteiger partial charge in [-0.25, -0.2) is 4.98 Å². The quantitative estimate of drug-likeness (QED) is 0.745. The molecule has 1 saturated carbocycles. The van der Waals surface area contributed by atoms with Gasteiger partial charge in [-0.05, 0) is 12.8 Å². The van der Waals surface area contributed by atoms with E-state index in [-0.39, 0.29) is 0 Å². The lowest BCUT2D eigenvalue weighted by atomic mass is 10.2. The molecule has 0 bridgehead atoms. The maximum absolute atomic E-state index is 10.7. The summed E-state index contributed by atoms with van der Waals surface area (Å²) in [7, 11) is 0. The van der Waals surface area contributed by atoms with Crippen molar-refractivity contribution >= 4 is 22.4 Å². The van der Waals surface area contributed by atoms with Crippen LogP contribution in [0.4, 0.5) is 5.13 Å². The molecule has 0 aliphatic heterocycles. The standard InChI is InChI=1S/C10H15N3O2S/c11-8(9(14)15)7-5-16-10(13-7)12-6-3-1-2-4-6/h5-6,8H,1-4,11H2,(H,12,13)(H,14,15). The molecule has 1 aromatic heterocycles. The van der Waals surface area contributed by atoms with Crippen LogP contribution in [0.5, 0.6) is 0 Å². The summed E-state index contributed by atoms with van der Waals surface area (Å²) in [5, 5.41) is 14.5. The van der Waals surface area contributed by atoms with E-state index in [1.54, 1.807) is 5.38 Å². The maximum Gasteiger partial charge on any atom is 0.326 e. The van der Waals surface area contributed by atoms with Gasteiger partial charge in [0, 0.05) is 11.4 Å². The minimum atomic E-state index is -1.04. The predicted molar refractivity (Wildman–Crippen MR) is 62.6 cm³/mol. The second-order valence-electron chi connectivity index (χ2n) is 4.02. The van der Waals surface area contributed by atoms with E-state index in [9.17, 15) is 4.79 Å². The fourth-order valence-electron chi connectivity index (χ4n) is 1.87. The average Bonchev–Trinajstić information content (AvgIpc) is 2.88. The number of anilines is 1. The van der Waals surface area contributed by atoms with Gasteiger partial charge < -0.3 is 16.2 Å². The number of aromatic nitrogens is 1. The van der Waals surface area contributed by atoms with Crippen LogP contribution in [0, 0.1) is 0 Å². The summed E-state index contributed by atoms with van der Waals surface area (Å²) < 4.78 is 0. The third-order valence-corrected chi connectivity index (χ3v) is 3.58. The van der Waals surface area contributed by atoms with E-state index in [2.05, 4.69) is 10.3 Å². The van der Waals surface area contributed by atoms with Gasteiger partial charge in [-0.15, -0.1) is 11.3 Å². The van der Waals surface area contributed by atoms with Crippen molar-refractivity contribution in [1.29, 1.82) is 0 Å². The van der Waals surface area contributed by atoms with Crippen LogP contribution >= 0.6 is 11.3 Å². The van der Waals surface area contributed by atoms with Gasteiger partial charge in [-0.2, -0.15) is 0 Å². The Labute approximate surface area is 97.7 Å². The SMILES string of the molecule is NC(C(=O)O)c1csc(NC2CCCC2)n1. The maximum atomic E-state index is 10.7. The van der Waals surface area contributed by atoms with Crippen LogP contribution in [0.1, 0.15) is 37.4 Å². The third-order valence-electron chi connectivity index (χ3n) is 2.79. The number of hydrogen-bond donors (Lipinski definition) is 3. The molecule has 0 aromatic carbocycles. The summed E-state index contributed by atoms with van der Waals surface area (Å²) in [4.78, 5) is 14.9. The van der Waals surface area contributed by atoms with Gasteiger partial charge >= 0.3 is 5.97 Å². The normalized spacial score (nSPS) is 18.6. The van der Waals surface area contributed by atoms with E-state index in [1.165, 1.54) is 37.0 Å². The monoisotopic (exact) mass is 241 g/mol. The molecule has 1 unspecified atom stereocenters. The molecule has 1 aromatic rings. The molecule has 1 atom stereocenters. The van der Waals surface area contributed by atoms with Crippen LogP contribution in [0.2, 0.25) is 0 Å². The molecule has 0 radical (unpaired) electrons. The van der Waals surface area contributed by atoms with Crippen molar-refractivity contribution in [2.75, 3.05) is 5.32 Å². The number of hydrogen-bond acceptors (Lipinski definition) is 5. The molecule has 4 N–H and O–H groups in total. The number of carbonyl (C=O) groups is 1. The van der Waals surface area contributed by atoms with Crippen molar-refractivity contribution in [3.05, 3.63) is 11.1 Å². The van der Waals surface area contributed by atoms with Crippen LogP contribution in [0.25, 0.3) is 0 Å². The first kappa shape index (κ1) is 11.3. The summed E-state index contributed by atoms with van der Waals surface area (Å²) in [5.41, 5.74) is 5.90. The molecule has 1 heterocycles. The highest BCUT2D eigenvalue weighted by Gasteiger charge is 2.20. The zero-order valence-electron chi connectivity index (χ0n) is 8.85. The lowest BCUT2D eigenvalue weighted by molar-refractivity contribution is -0.138. The number of carboxylic acids is 1. The number of carboxylic acid groups (broad SMARTS) is 1. The summed E-state index contributed by atoms with van der Waals surface area (Å²) in [5.74, 6) is -1.04. The first-order valence-electron chi connectivity index (χ1n) is 5.37. The number of aliphatic carboxylic acids is 1. The topological polar surface area (TPSA) is 88.2 Å². The van der Waals surface area contributed by atoms with Gasteiger partial charge in [-0.1, -0.05) is 12.8 Å². The second-order valence-corrected chi connectivity index (χ2v) is 4.88. The average molecular weight is 241 g/mol. The Morgan fingerprint density at radius 1 is 1.62 bits per heavy atom. The molecule has 1 aliphatic carbocycles. The zero-order valence-corrected chi connectivity index (χ0v) is 9.67. The molecular weight excluding hydrogens is 226 g/mol. The molecular formula is C10H15N3O2S. The van der Waals surface area contributed by atoms with Crippen LogP contribution in [-0.4, -0.2) is 22.1 Å². The zero-order chi connectivity index (χ0) is 11.5. The van der Waals surface area contributed by atoms with E-state index >= 15 is 0 Å². The first-order chi connectivity index (χ1) is 7.66. The summed E-state index contributed by atoms with van der Waals surface area (Å²) in [6, 6.07) is -0.532.